The van der Waals surface area contributed by atoms with Gasteiger partial charge in [-0.25, -0.2) is 15.0 Å². The van der Waals surface area contributed by atoms with Crippen molar-refractivity contribution in [3.05, 3.63) is 249 Å². The molecule has 0 radical (unpaired) electrons. The third-order valence-electron chi connectivity index (χ3n) is 12.6. The van der Waals surface area contributed by atoms with Crippen LogP contribution in [0, 0.1) is 0 Å². The molecule has 0 saturated heterocycles. The topological polar surface area (TPSA) is 51.8 Å². The third kappa shape index (κ3) is 7.77. The summed E-state index contributed by atoms with van der Waals surface area (Å²) >= 11 is 0. The van der Waals surface area contributed by atoms with Crippen molar-refractivity contribution in [2.24, 2.45) is 0 Å². The number of nitrogens with zero attached hydrogens (tertiary/aromatic N) is 3. The number of furan rings is 1. The van der Waals surface area contributed by atoms with Gasteiger partial charge in [0.05, 0.1) is 0 Å². The molecule has 2 aromatic heterocycles. The molecule has 4 heteroatoms. The molecule has 2 heterocycles. The Bertz CT molecular complexity index is 3710. The van der Waals surface area contributed by atoms with E-state index in [0.29, 0.717) is 17.5 Å². The normalized spacial score (nSPS) is 11.3. The summed E-state index contributed by atoms with van der Waals surface area (Å²) in [7, 11) is 0. The summed E-state index contributed by atoms with van der Waals surface area (Å²) in [5, 5.41) is 1.96. The highest BCUT2D eigenvalue weighted by atomic mass is 16.3. The van der Waals surface area contributed by atoms with Crippen LogP contribution in [0.1, 0.15) is 0 Å². The van der Waals surface area contributed by atoms with Gasteiger partial charge in [0.15, 0.2) is 17.5 Å². The second-order valence-corrected chi connectivity index (χ2v) is 16.8. The minimum atomic E-state index is 0.571. The zero-order valence-corrected chi connectivity index (χ0v) is 36.4. The van der Waals surface area contributed by atoms with Crippen molar-refractivity contribution >= 4 is 21.9 Å². The number of fused-ring (bicyclic) bond motifs is 3. The van der Waals surface area contributed by atoms with Crippen LogP contribution in [-0.4, -0.2) is 15.0 Å². The van der Waals surface area contributed by atoms with E-state index in [1.54, 1.807) is 0 Å². The van der Waals surface area contributed by atoms with Crippen molar-refractivity contribution in [2.75, 3.05) is 0 Å². The molecule has 0 atom stereocenters. The first kappa shape index (κ1) is 39.6. The summed E-state index contributed by atoms with van der Waals surface area (Å²) in [6.45, 7) is 0. The Balaban J connectivity index is 0.976. The quantitative estimate of drug-likeness (QED) is 0.145. The molecule has 0 N–H and O–H groups in total. The number of para-hydroxylation sites is 1. The maximum Gasteiger partial charge on any atom is 0.164 e. The minimum Gasteiger partial charge on any atom is -0.455 e. The van der Waals surface area contributed by atoms with Gasteiger partial charge in [-0.05, 0) is 85.5 Å². The summed E-state index contributed by atoms with van der Waals surface area (Å²) in [6, 6.07) is 87.0. The molecule has 12 rings (SSSR count). The first-order valence-electron chi connectivity index (χ1n) is 22.6. The zero-order chi connectivity index (χ0) is 44.5. The van der Waals surface area contributed by atoms with Gasteiger partial charge in [-0.2, -0.15) is 0 Å². The number of aromatic nitrogens is 3. The van der Waals surface area contributed by atoms with Gasteiger partial charge in [0.1, 0.15) is 11.2 Å². The Labute approximate surface area is 389 Å². The highest BCUT2D eigenvalue weighted by Gasteiger charge is 2.20. The Morgan fingerprint density at radius 2 is 0.597 bits per heavy atom. The summed E-state index contributed by atoms with van der Waals surface area (Å²) in [4.78, 5) is 15.8. The van der Waals surface area contributed by atoms with Crippen molar-refractivity contribution in [2.45, 2.75) is 0 Å². The van der Waals surface area contributed by atoms with E-state index in [1.165, 1.54) is 27.8 Å². The maximum atomic E-state index is 6.80. The molecular weight excluding hydrogens is 815 g/mol. The van der Waals surface area contributed by atoms with E-state index in [-0.39, 0.29) is 0 Å². The first-order valence-corrected chi connectivity index (χ1v) is 22.6. The fraction of sp³-hybridized carbons (Fsp3) is 0. The molecule has 0 spiro atoms. The lowest BCUT2D eigenvalue weighted by Crippen LogP contribution is -2.00. The van der Waals surface area contributed by atoms with E-state index in [0.717, 1.165) is 77.6 Å². The summed E-state index contributed by atoms with van der Waals surface area (Å²) in [6.07, 6.45) is 0. The Kier molecular flexibility index (Phi) is 10.2. The van der Waals surface area contributed by atoms with Crippen molar-refractivity contribution in [3.63, 3.8) is 0 Å². The van der Waals surface area contributed by atoms with Crippen LogP contribution in [0.3, 0.4) is 0 Å². The molecule has 0 bridgehead atoms. The predicted molar refractivity (Wildman–Crippen MR) is 276 cm³/mol. The van der Waals surface area contributed by atoms with Gasteiger partial charge in [-0.1, -0.05) is 224 Å². The molecule has 0 amide bonds. The second-order valence-electron chi connectivity index (χ2n) is 16.8. The minimum absolute atomic E-state index is 0.571. The van der Waals surface area contributed by atoms with Crippen LogP contribution in [0.2, 0.25) is 0 Å². The van der Waals surface area contributed by atoms with Gasteiger partial charge in [-0.3, -0.25) is 0 Å². The van der Waals surface area contributed by atoms with E-state index in [2.05, 4.69) is 218 Å². The molecule has 67 heavy (non-hydrogen) atoms. The lowest BCUT2D eigenvalue weighted by atomic mass is 9.97. The standard InChI is InChI=1S/C63H41N3O/c1-4-15-42(16-5-1)45-31-33-46(34-32-45)52-24-12-26-54(41-52)62-64-61(48-37-35-47(36-38-48)50-22-10-21-49(39-50)43-17-6-2-7-18-43)65-63(66-62)57-29-14-30-58-59(57)56-28-13-27-55(60(56)67-58)53-25-11-23-51(40-53)44-19-8-3-9-20-44/h1-41H. The highest BCUT2D eigenvalue weighted by Crippen LogP contribution is 2.41. The van der Waals surface area contributed by atoms with Crippen LogP contribution in [0.5, 0.6) is 0 Å². The molecular formula is C63H41N3O. The molecule has 12 aromatic rings. The van der Waals surface area contributed by atoms with Gasteiger partial charge < -0.3 is 4.42 Å². The molecule has 4 nitrogen and oxygen atoms in total. The Hall–Kier alpha value is -8.99. The highest BCUT2D eigenvalue weighted by molar-refractivity contribution is 6.15. The van der Waals surface area contributed by atoms with Crippen LogP contribution < -0.4 is 0 Å². The van der Waals surface area contributed by atoms with E-state index in [4.69, 9.17) is 19.4 Å². The Morgan fingerprint density at radius 1 is 0.239 bits per heavy atom. The lowest BCUT2D eigenvalue weighted by molar-refractivity contribution is 0.670. The predicted octanol–water partition coefficient (Wildman–Crippen LogP) is 16.8. The third-order valence-corrected chi connectivity index (χ3v) is 12.6. The van der Waals surface area contributed by atoms with Crippen molar-refractivity contribution < 1.29 is 4.42 Å². The van der Waals surface area contributed by atoms with Gasteiger partial charge in [0.2, 0.25) is 0 Å². The molecule has 314 valence electrons. The van der Waals surface area contributed by atoms with Crippen molar-refractivity contribution in [1.82, 2.24) is 15.0 Å². The van der Waals surface area contributed by atoms with Crippen molar-refractivity contribution in [3.8, 4) is 101 Å². The lowest BCUT2D eigenvalue weighted by Gasteiger charge is -2.11. The van der Waals surface area contributed by atoms with E-state index in [9.17, 15) is 0 Å². The fourth-order valence-corrected chi connectivity index (χ4v) is 9.16. The SMILES string of the molecule is c1ccc(-c2ccc(-c3cccc(-c4nc(-c5ccc(-c6cccc(-c7ccccc7)c6)cc5)nc(-c5cccc6oc7c(-c8cccc(-c9ccccc9)c8)cccc7c56)n4)c3)cc2)cc1. The summed E-state index contributed by atoms with van der Waals surface area (Å²) in [5.74, 6) is 1.75. The maximum absolute atomic E-state index is 6.80. The van der Waals surface area contributed by atoms with Crippen molar-refractivity contribution in [1.29, 1.82) is 0 Å². The molecule has 0 saturated carbocycles. The number of rotatable bonds is 9. The van der Waals surface area contributed by atoms with Gasteiger partial charge in [0, 0.05) is 33.0 Å². The van der Waals surface area contributed by atoms with Crippen LogP contribution in [0.4, 0.5) is 0 Å². The largest absolute Gasteiger partial charge is 0.455 e. The Morgan fingerprint density at radius 3 is 1.16 bits per heavy atom. The van der Waals surface area contributed by atoms with Gasteiger partial charge >= 0.3 is 0 Å². The second kappa shape index (κ2) is 17.2. The number of hydrogen-bond acceptors (Lipinski definition) is 4. The van der Waals surface area contributed by atoms with Gasteiger partial charge in [0.25, 0.3) is 0 Å². The van der Waals surface area contributed by atoms with Crippen LogP contribution in [-0.2, 0) is 0 Å². The summed E-state index contributed by atoms with van der Waals surface area (Å²) < 4.78 is 6.80. The molecule has 0 unspecified atom stereocenters. The zero-order valence-electron chi connectivity index (χ0n) is 36.4. The first-order chi connectivity index (χ1) is 33.2. The van der Waals surface area contributed by atoms with E-state index >= 15 is 0 Å². The number of hydrogen-bond donors (Lipinski definition) is 0. The molecule has 0 aliphatic heterocycles. The smallest absolute Gasteiger partial charge is 0.164 e. The van der Waals surface area contributed by atoms with E-state index in [1.807, 2.05) is 30.3 Å². The molecule has 0 aliphatic carbocycles. The molecule has 0 fully saturated rings. The molecule has 10 aromatic carbocycles. The average Bonchev–Trinajstić information content (AvgIpc) is 3.81. The van der Waals surface area contributed by atoms with Crippen LogP contribution in [0.15, 0.2) is 253 Å². The fourth-order valence-electron chi connectivity index (χ4n) is 9.16. The number of benzene rings is 10. The summed E-state index contributed by atoms with van der Waals surface area (Å²) in [5.41, 5.74) is 17.9. The molecule has 0 aliphatic rings. The average molecular weight is 856 g/mol. The van der Waals surface area contributed by atoms with E-state index < -0.39 is 0 Å². The monoisotopic (exact) mass is 855 g/mol. The van der Waals surface area contributed by atoms with Crippen LogP contribution in [0.25, 0.3) is 123 Å². The van der Waals surface area contributed by atoms with Gasteiger partial charge in [-0.15, -0.1) is 0 Å². The van der Waals surface area contributed by atoms with Crippen LogP contribution >= 0.6 is 0 Å².